The third kappa shape index (κ3) is 5.18. The van der Waals surface area contributed by atoms with Crippen LogP contribution in [-0.4, -0.2) is 53.5 Å². The minimum atomic E-state index is -3.88. The van der Waals surface area contributed by atoms with Gasteiger partial charge in [0, 0.05) is 25.8 Å². The first-order valence-corrected chi connectivity index (χ1v) is 10.3. The second-order valence-corrected chi connectivity index (χ2v) is 8.77. The van der Waals surface area contributed by atoms with Crippen molar-refractivity contribution >= 4 is 27.5 Å². The van der Waals surface area contributed by atoms with Crippen molar-refractivity contribution in [1.82, 2.24) is 4.31 Å². The molecule has 0 aliphatic carbocycles. The van der Waals surface area contributed by atoms with E-state index in [2.05, 4.69) is 5.32 Å². The molecule has 1 N–H and O–H groups in total. The van der Waals surface area contributed by atoms with Gasteiger partial charge in [0.15, 0.2) is 11.5 Å². The number of rotatable bonds is 8. The smallest absolute Gasteiger partial charge is 0.304 e. The lowest BCUT2D eigenvalue weighted by Crippen LogP contribution is -2.44. The molecular formula is C20H27N3O5S. The van der Waals surface area contributed by atoms with Crippen LogP contribution in [0.3, 0.4) is 0 Å². The van der Waals surface area contributed by atoms with Crippen LogP contribution < -0.4 is 19.1 Å². The lowest BCUT2D eigenvalue weighted by molar-refractivity contribution is -0.114. The van der Waals surface area contributed by atoms with Gasteiger partial charge in [0.25, 0.3) is 0 Å². The molecule has 1 amide bonds. The summed E-state index contributed by atoms with van der Waals surface area (Å²) < 4.78 is 38.4. The summed E-state index contributed by atoms with van der Waals surface area (Å²) in [5.74, 6) is 0.499. The van der Waals surface area contributed by atoms with E-state index >= 15 is 0 Å². The number of ether oxygens (including phenoxy) is 2. The van der Waals surface area contributed by atoms with Gasteiger partial charge in [-0.3, -0.25) is 4.79 Å². The molecule has 0 heterocycles. The monoisotopic (exact) mass is 421 g/mol. The Morgan fingerprint density at radius 1 is 1.00 bits per heavy atom. The highest BCUT2D eigenvalue weighted by Gasteiger charge is 2.28. The van der Waals surface area contributed by atoms with Crippen LogP contribution in [0.4, 0.5) is 11.4 Å². The van der Waals surface area contributed by atoms with Gasteiger partial charge in [-0.1, -0.05) is 12.1 Å². The van der Waals surface area contributed by atoms with E-state index in [1.807, 2.05) is 19.1 Å². The Labute approximate surface area is 172 Å². The standard InChI is InChI=1S/C20H27N3O5S/c1-14-7-8-15(2)17(11-14)23(29(25,26)22(3)4)13-20(24)21-16-9-10-18(27-5)19(12-16)28-6/h7-12H,13H2,1-6H3,(H,21,24). The van der Waals surface area contributed by atoms with Crippen LogP contribution >= 0.6 is 0 Å². The number of nitrogens with zero attached hydrogens (tertiary/aromatic N) is 2. The van der Waals surface area contributed by atoms with Crippen molar-refractivity contribution in [3.63, 3.8) is 0 Å². The van der Waals surface area contributed by atoms with Gasteiger partial charge in [0.05, 0.1) is 19.9 Å². The fraction of sp³-hybridized carbons (Fsp3) is 0.350. The molecule has 0 spiro atoms. The van der Waals surface area contributed by atoms with E-state index in [1.54, 1.807) is 31.2 Å². The number of carbonyl (C=O) groups excluding carboxylic acids is 1. The number of amides is 1. The molecule has 0 aliphatic heterocycles. The number of hydrogen-bond donors (Lipinski definition) is 1. The molecule has 0 aromatic heterocycles. The third-order valence-electron chi connectivity index (χ3n) is 4.33. The Balaban J connectivity index is 2.34. The number of anilines is 2. The highest BCUT2D eigenvalue weighted by molar-refractivity contribution is 7.90. The normalized spacial score (nSPS) is 11.3. The first kappa shape index (κ1) is 22.5. The summed E-state index contributed by atoms with van der Waals surface area (Å²) in [5.41, 5.74) is 2.57. The molecule has 8 nitrogen and oxygen atoms in total. The highest BCUT2D eigenvalue weighted by Crippen LogP contribution is 2.30. The number of carbonyl (C=O) groups is 1. The van der Waals surface area contributed by atoms with E-state index in [0.29, 0.717) is 22.9 Å². The number of hydrogen-bond acceptors (Lipinski definition) is 5. The summed E-state index contributed by atoms with van der Waals surface area (Å²) in [6.45, 7) is 3.30. The SMILES string of the molecule is COc1ccc(NC(=O)CN(c2cc(C)ccc2C)S(=O)(=O)N(C)C)cc1OC. The Hall–Kier alpha value is -2.78. The lowest BCUT2D eigenvalue weighted by Gasteiger charge is -2.28. The second-order valence-electron chi connectivity index (χ2n) is 6.70. The Bertz CT molecular complexity index is 990. The highest BCUT2D eigenvalue weighted by atomic mass is 32.2. The van der Waals surface area contributed by atoms with Gasteiger partial charge in [-0.05, 0) is 43.2 Å². The quantitative estimate of drug-likeness (QED) is 0.708. The zero-order valence-corrected chi connectivity index (χ0v) is 18.3. The van der Waals surface area contributed by atoms with Gasteiger partial charge in [0.1, 0.15) is 6.54 Å². The van der Waals surface area contributed by atoms with Gasteiger partial charge in [-0.15, -0.1) is 0 Å². The van der Waals surface area contributed by atoms with Gasteiger partial charge >= 0.3 is 10.2 Å². The summed E-state index contributed by atoms with van der Waals surface area (Å²) in [4.78, 5) is 12.7. The van der Waals surface area contributed by atoms with Crippen LogP contribution in [0.1, 0.15) is 11.1 Å². The van der Waals surface area contributed by atoms with Crippen molar-refractivity contribution < 1.29 is 22.7 Å². The number of nitrogens with one attached hydrogen (secondary N) is 1. The average Bonchev–Trinajstić information content (AvgIpc) is 2.67. The molecular weight excluding hydrogens is 394 g/mol. The van der Waals surface area contributed by atoms with Crippen LogP contribution in [0.5, 0.6) is 11.5 Å². The Morgan fingerprint density at radius 3 is 2.24 bits per heavy atom. The Kier molecular flexibility index (Phi) is 7.10. The molecule has 2 aromatic rings. The molecule has 0 aliphatic rings. The van der Waals surface area contributed by atoms with Crippen molar-refractivity contribution in [2.75, 3.05) is 44.5 Å². The molecule has 158 valence electrons. The van der Waals surface area contributed by atoms with E-state index in [4.69, 9.17) is 9.47 Å². The number of benzene rings is 2. The predicted octanol–water partition coefficient (Wildman–Crippen LogP) is 2.57. The molecule has 0 atom stereocenters. The molecule has 9 heteroatoms. The fourth-order valence-electron chi connectivity index (χ4n) is 2.72. The molecule has 0 saturated heterocycles. The average molecular weight is 422 g/mol. The second kappa shape index (κ2) is 9.15. The first-order valence-electron chi connectivity index (χ1n) is 8.89. The van der Waals surface area contributed by atoms with E-state index in [0.717, 1.165) is 19.7 Å². The van der Waals surface area contributed by atoms with Crippen LogP contribution in [0, 0.1) is 13.8 Å². The van der Waals surface area contributed by atoms with Crippen LogP contribution in [-0.2, 0) is 15.0 Å². The van der Waals surface area contributed by atoms with Crippen molar-refractivity contribution in [3.8, 4) is 11.5 Å². The van der Waals surface area contributed by atoms with Crippen molar-refractivity contribution in [2.24, 2.45) is 0 Å². The van der Waals surface area contributed by atoms with Crippen LogP contribution in [0.2, 0.25) is 0 Å². The summed E-state index contributed by atoms with van der Waals surface area (Å²) in [5, 5.41) is 2.71. The predicted molar refractivity (Wildman–Crippen MR) is 114 cm³/mol. The fourth-order valence-corrected chi connectivity index (χ4v) is 3.84. The van der Waals surface area contributed by atoms with Crippen molar-refractivity contribution in [1.29, 1.82) is 0 Å². The molecule has 0 unspecified atom stereocenters. The van der Waals surface area contributed by atoms with Crippen molar-refractivity contribution in [2.45, 2.75) is 13.8 Å². The zero-order valence-electron chi connectivity index (χ0n) is 17.5. The van der Waals surface area contributed by atoms with E-state index in [9.17, 15) is 13.2 Å². The Morgan fingerprint density at radius 2 is 1.66 bits per heavy atom. The largest absolute Gasteiger partial charge is 0.493 e. The van der Waals surface area contributed by atoms with Crippen LogP contribution in [0.25, 0.3) is 0 Å². The van der Waals surface area contributed by atoms with E-state index in [1.165, 1.54) is 28.3 Å². The molecule has 0 radical (unpaired) electrons. The molecule has 2 rings (SSSR count). The minimum absolute atomic E-state index is 0.376. The number of methoxy groups -OCH3 is 2. The van der Waals surface area contributed by atoms with Gasteiger partial charge in [0.2, 0.25) is 5.91 Å². The molecule has 0 saturated carbocycles. The maximum Gasteiger partial charge on any atom is 0.304 e. The van der Waals surface area contributed by atoms with E-state index < -0.39 is 16.1 Å². The van der Waals surface area contributed by atoms with Gasteiger partial charge in [-0.25, -0.2) is 4.31 Å². The maximum absolute atomic E-state index is 12.9. The minimum Gasteiger partial charge on any atom is -0.493 e. The molecule has 2 aromatic carbocycles. The van der Waals surface area contributed by atoms with Crippen molar-refractivity contribution in [3.05, 3.63) is 47.5 Å². The number of aryl methyl sites for hydroxylation is 2. The molecule has 0 bridgehead atoms. The lowest BCUT2D eigenvalue weighted by atomic mass is 10.1. The van der Waals surface area contributed by atoms with Gasteiger partial charge < -0.3 is 14.8 Å². The van der Waals surface area contributed by atoms with E-state index in [-0.39, 0.29) is 6.54 Å². The van der Waals surface area contributed by atoms with Crippen LogP contribution in [0.15, 0.2) is 36.4 Å². The summed E-state index contributed by atoms with van der Waals surface area (Å²) in [7, 11) is 1.99. The maximum atomic E-state index is 12.9. The summed E-state index contributed by atoms with van der Waals surface area (Å²) in [6, 6.07) is 10.4. The molecule has 0 fully saturated rings. The summed E-state index contributed by atoms with van der Waals surface area (Å²) in [6.07, 6.45) is 0. The topological polar surface area (TPSA) is 88.2 Å². The van der Waals surface area contributed by atoms with Gasteiger partial charge in [-0.2, -0.15) is 12.7 Å². The molecule has 29 heavy (non-hydrogen) atoms. The summed E-state index contributed by atoms with van der Waals surface area (Å²) >= 11 is 0. The third-order valence-corrected chi connectivity index (χ3v) is 6.13. The first-order chi connectivity index (χ1) is 13.6. The zero-order chi connectivity index (χ0) is 21.8.